The molecule has 20 heavy (non-hydrogen) atoms. The minimum atomic E-state index is -0.481. The highest BCUT2D eigenvalue weighted by Crippen LogP contribution is 2.23. The standard InChI is InChI=1S/C16H17F2NO/c1-11(19)16(12-6-4-7-14(17)9-12)20-10-13-5-2-3-8-15(13)18/h2-9,11,16H,10,19H2,1H3. The fourth-order valence-corrected chi connectivity index (χ4v) is 2.03. The van der Waals surface area contributed by atoms with Crippen LogP contribution >= 0.6 is 0 Å². The van der Waals surface area contributed by atoms with Gasteiger partial charge in [0.25, 0.3) is 0 Å². The Kier molecular flexibility index (Phi) is 4.82. The predicted octanol–water partition coefficient (Wildman–Crippen LogP) is 3.57. The van der Waals surface area contributed by atoms with E-state index >= 15 is 0 Å². The Hall–Kier alpha value is -1.78. The summed E-state index contributed by atoms with van der Waals surface area (Å²) in [6.07, 6.45) is -0.481. The lowest BCUT2D eigenvalue weighted by Gasteiger charge is -2.22. The van der Waals surface area contributed by atoms with Gasteiger partial charge in [0.05, 0.1) is 12.7 Å². The van der Waals surface area contributed by atoms with Crippen LogP contribution in [0.2, 0.25) is 0 Å². The van der Waals surface area contributed by atoms with Gasteiger partial charge in [0.1, 0.15) is 11.6 Å². The number of nitrogens with two attached hydrogens (primary N) is 1. The van der Waals surface area contributed by atoms with E-state index < -0.39 is 6.10 Å². The van der Waals surface area contributed by atoms with Crippen molar-refractivity contribution in [2.45, 2.75) is 25.7 Å². The SMILES string of the molecule is CC(N)C(OCc1ccccc1F)c1cccc(F)c1. The van der Waals surface area contributed by atoms with Crippen LogP contribution in [-0.4, -0.2) is 6.04 Å². The maximum Gasteiger partial charge on any atom is 0.128 e. The van der Waals surface area contributed by atoms with E-state index in [1.807, 2.05) is 0 Å². The molecule has 2 unspecified atom stereocenters. The summed E-state index contributed by atoms with van der Waals surface area (Å²) >= 11 is 0. The van der Waals surface area contributed by atoms with Crippen LogP contribution in [0.1, 0.15) is 24.2 Å². The van der Waals surface area contributed by atoms with Gasteiger partial charge in [0.15, 0.2) is 0 Å². The molecule has 0 aliphatic carbocycles. The molecule has 0 radical (unpaired) electrons. The smallest absolute Gasteiger partial charge is 0.128 e. The number of hydrogen-bond acceptors (Lipinski definition) is 2. The van der Waals surface area contributed by atoms with E-state index in [1.165, 1.54) is 18.2 Å². The fraction of sp³-hybridized carbons (Fsp3) is 0.250. The molecule has 0 heterocycles. The molecule has 0 saturated heterocycles. The van der Waals surface area contributed by atoms with Crippen molar-refractivity contribution in [1.29, 1.82) is 0 Å². The lowest BCUT2D eigenvalue weighted by Crippen LogP contribution is -2.27. The largest absolute Gasteiger partial charge is 0.367 e. The number of ether oxygens (including phenoxy) is 1. The topological polar surface area (TPSA) is 35.2 Å². The zero-order chi connectivity index (χ0) is 14.5. The van der Waals surface area contributed by atoms with Crippen LogP contribution in [0.25, 0.3) is 0 Å². The molecule has 0 saturated carbocycles. The molecule has 106 valence electrons. The molecular weight excluding hydrogens is 260 g/mol. The van der Waals surface area contributed by atoms with Crippen LogP contribution in [0.15, 0.2) is 48.5 Å². The maximum atomic E-state index is 13.5. The van der Waals surface area contributed by atoms with Crippen molar-refractivity contribution < 1.29 is 13.5 Å². The molecule has 4 heteroatoms. The quantitative estimate of drug-likeness (QED) is 0.906. The van der Waals surface area contributed by atoms with Gasteiger partial charge < -0.3 is 10.5 Å². The van der Waals surface area contributed by atoms with E-state index in [4.69, 9.17) is 10.5 Å². The highest BCUT2D eigenvalue weighted by atomic mass is 19.1. The molecule has 2 aromatic rings. The predicted molar refractivity (Wildman–Crippen MR) is 74.0 cm³/mol. The normalized spacial score (nSPS) is 14.0. The van der Waals surface area contributed by atoms with Crippen LogP contribution < -0.4 is 5.73 Å². The molecule has 0 spiro atoms. The third-order valence-electron chi connectivity index (χ3n) is 3.03. The van der Waals surface area contributed by atoms with Gasteiger partial charge in [-0.15, -0.1) is 0 Å². The van der Waals surface area contributed by atoms with Crippen molar-refractivity contribution >= 4 is 0 Å². The first-order chi connectivity index (χ1) is 9.58. The number of hydrogen-bond donors (Lipinski definition) is 1. The first kappa shape index (κ1) is 14.6. The van der Waals surface area contributed by atoms with E-state index in [1.54, 1.807) is 37.3 Å². The molecule has 0 bridgehead atoms. The van der Waals surface area contributed by atoms with Gasteiger partial charge >= 0.3 is 0 Å². The summed E-state index contributed by atoms with van der Waals surface area (Å²) in [7, 11) is 0. The van der Waals surface area contributed by atoms with Crippen LogP contribution in [0.3, 0.4) is 0 Å². The Balaban J connectivity index is 2.13. The Morgan fingerprint density at radius 3 is 2.50 bits per heavy atom. The monoisotopic (exact) mass is 277 g/mol. The Morgan fingerprint density at radius 2 is 1.85 bits per heavy atom. The number of halogens is 2. The van der Waals surface area contributed by atoms with Crippen molar-refractivity contribution in [3.05, 3.63) is 71.3 Å². The zero-order valence-corrected chi connectivity index (χ0v) is 11.2. The number of rotatable bonds is 5. The van der Waals surface area contributed by atoms with Gasteiger partial charge in [-0.25, -0.2) is 8.78 Å². The van der Waals surface area contributed by atoms with E-state index in [-0.39, 0.29) is 24.3 Å². The third-order valence-corrected chi connectivity index (χ3v) is 3.03. The minimum Gasteiger partial charge on any atom is -0.367 e. The van der Waals surface area contributed by atoms with Crippen molar-refractivity contribution in [2.24, 2.45) is 5.73 Å². The second kappa shape index (κ2) is 6.59. The van der Waals surface area contributed by atoms with Crippen molar-refractivity contribution in [1.82, 2.24) is 0 Å². The van der Waals surface area contributed by atoms with Gasteiger partial charge in [-0.2, -0.15) is 0 Å². The van der Waals surface area contributed by atoms with E-state index in [2.05, 4.69) is 0 Å². The molecule has 0 amide bonds. The highest BCUT2D eigenvalue weighted by molar-refractivity contribution is 5.21. The van der Waals surface area contributed by atoms with Crippen molar-refractivity contribution in [2.75, 3.05) is 0 Å². The molecule has 0 aliphatic heterocycles. The van der Waals surface area contributed by atoms with Crippen molar-refractivity contribution in [3.8, 4) is 0 Å². The Morgan fingerprint density at radius 1 is 1.10 bits per heavy atom. The first-order valence-corrected chi connectivity index (χ1v) is 6.44. The molecule has 0 fully saturated rings. The molecule has 2 aromatic carbocycles. The van der Waals surface area contributed by atoms with Crippen LogP contribution in [-0.2, 0) is 11.3 Å². The fourth-order valence-electron chi connectivity index (χ4n) is 2.03. The summed E-state index contributed by atoms with van der Waals surface area (Å²) in [5, 5.41) is 0. The van der Waals surface area contributed by atoms with Gasteiger partial charge in [0.2, 0.25) is 0 Å². The average molecular weight is 277 g/mol. The summed E-state index contributed by atoms with van der Waals surface area (Å²) in [5.41, 5.74) is 6.98. The minimum absolute atomic E-state index is 0.0927. The lowest BCUT2D eigenvalue weighted by atomic mass is 10.0. The third kappa shape index (κ3) is 3.62. The second-order valence-corrected chi connectivity index (χ2v) is 4.74. The van der Waals surface area contributed by atoms with Gasteiger partial charge in [0, 0.05) is 11.6 Å². The molecule has 2 rings (SSSR count). The van der Waals surface area contributed by atoms with E-state index in [0.29, 0.717) is 11.1 Å². The molecule has 0 aromatic heterocycles. The van der Waals surface area contributed by atoms with Crippen molar-refractivity contribution in [3.63, 3.8) is 0 Å². The second-order valence-electron chi connectivity index (χ2n) is 4.74. The molecule has 2 nitrogen and oxygen atoms in total. The van der Waals surface area contributed by atoms with Crippen LogP contribution in [0, 0.1) is 11.6 Å². The molecule has 2 atom stereocenters. The van der Waals surface area contributed by atoms with Gasteiger partial charge in [-0.3, -0.25) is 0 Å². The van der Waals surface area contributed by atoms with E-state index in [9.17, 15) is 8.78 Å². The van der Waals surface area contributed by atoms with E-state index in [0.717, 1.165) is 0 Å². The summed E-state index contributed by atoms with van der Waals surface area (Å²) in [4.78, 5) is 0. The Bertz CT molecular complexity index is 572. The highest BCUT2D eigenvalue weighted by Gasteiger charge is 2.18. The van der Waals surface area contributed by atoms with Crippen LogP contribution in [0.4, 0.5) is 8.78 Å². The lowest BCUT2D eigenvalue weighted by molar-refractivity contribution is 0.0243. The molecular formula is C16H17F2NO. The van der Waals surface area contributed by atoms with Gasteiger partial charge in [-0.05, 0) is 30.7 Å². The molecule has 2 N–H and O–H groups in total. The summed E-state index contributed by atoms with van der Waals surface area (Å²) in [6.45, 7) is 1.87. The summed E-state index contributed by atoms with van der Waals surface area (Å²) in [6, 6.07) is 12.2. The zero-order valence-electron chi connectivity index (χ0n) is 11.2. The average Bonchev–Trinajstić information content (AvgIpc) is 2.41. The van der Waals surface area contributed by atoms with Crippen LogP contribution in [0.5, 0.6) is 0 Å². The maximum absolute atomic E-state index is 13.5. The summed E-state index contributed by atoms with van der Waals surface area (Å²) < 4.78 is 32.5. The molecule has 0 aliphatic rings. The Labute approximate surface area is 117 Å². The number of benzene rings is 2. The van der Waals surface area contributed by atoms with Gasteiger partial charge in [-0.1, -0.05) is 30.3 Å². The first-order valence-electron chi connectivity index (χ1n) is 6.44. The summed E-state index contributed by atoms with van der Waals surface area (Å²) in [5.74, 6) is -0.669.